The molecule has 1 aromatic carbocycles. The molecule has 0 saturated carbocycles. The van der Waals surface area contributed by atoms with Crippen molar-refractivity contribution in [3.05, 3.63) is 34.3 Å². The lowest BCUT2D eigenvalue weighted by atomic mass is 10.1. The predicted octanol–water partition coefficient (Wildman–Crippen LogP) is 3.59. The van der Waals surface area contributed by atoms with Crippen LogP contribution in [-0.2, 0) is 0 Å². The van der Waals surface area contributed by atoms with Crippen LogP contribution < -0.4 is 5.32 Å². The molecule has 1 fully saturated rings. The first-order valence-electron chi connectivity index (χ1n) is 6.97. The van der Waals surface area contributed by atoms with Gasteiger partial charge >= 0.3 is 0 Å². The van der Waals surface area contributed by atoms with Crippen LogP contribution in [0.2, 0.25) is 0 Å². The van der Waals surface area contributed by atoms with Crippen LogP contribution in [0.5, 0.6) is 0 Å². The highest BCUT2D eigenvalue weighted by molar-refractivity contribution is 9.10. The van der Waals surface area contributed by atoms with Gasteiger partial charge in [-0.25, -0.2) is 0 Å². The Morgan fingerprint density at radius 2 is 1.83 bits per heavy atom. The third-order valence-electron chi connectivity index (χ3n) is 3.70. The Hall–Kier alpha value is -0.380. The lowest BCUT2D eigenvalue weighted by molar-refractivity contribution is 0.227. The topological polar surface area (TPSA) is 15.3 Å². The number of hydrogen-bond donors (Lipinski definition) is 1. The standard InChI is InChI=1S/C15H23BrN2/c1-13(14-5-7-15(16)8-6-14)17-9-12-18-10-3-2-4-11-18/h5-8,13,17H,2-4,9-12H2,1H3. The lowest BCUT2D eigenvalue weighted by Gasteiger charge is -2.27. The summed E-state index contributed by atoms with van der Waals surface area (Å²) < 4.78 is 1.15. The normalized spacial score (nSPS) is 18.8. The van der Waals surface area contributed by atoms with E-state index in [9.17, 15) is 0 Å². The van der Waals surface area contributed by atoms with Crippen molar-refractivity contribution in [3.8, 4) is 0 Å². The van der Waals surface area contributed by atoms with Crippen molar-refractivity contribution in [3.63, 3.8) is 0 Å². The van der Waals surface area contributed by atoms with Gasteiger partial charge in [-0.1, -0.05) is 34.5 Å². The highest BCUT2D eigenvalue weighted by atomic mass is 79.9. The van der Waals surface area contributed by atoms with E-state index in [1.807, 2.05) is 0 Å². The molecule has 2 nitrogen and oxygen atoms in total. The molecule has 1 N–H and O–H groups in total. The zero-order valence-electron chi connectivity index (χ0n) is 11.2. The summed E-state index contributed by atoms with van der Waals surface area (Å²) >= 11 is 3.47. The largest absolute Gasteiger partial charge is 0.309 e. The van der Waals surface area contributed by atoms with Crippen molar-refractivity contribution >= 4 is 15.9 Å². The minimum Gasteiger partial charge on any atom is -0.309 e. The average Bonchev–Trinajstić information content (AvgIpc) is 2.40. The summed E-state index contributed by atoms with van der Waals surface area (Å²) in [5, 5.41) is 3.61. The number of piperidine rings is 1. The summed E-state index contributed by atoms with van der Waals surface area (Å²) in [7, 11) is 0. The fraction of sp³-hybridized carbons (Fsp3) is 0.600. The Kier molecular flexibility index (Phi) is 5.67. The van der Waals surface area contributed by atoms with E-state index in [1.165, 1.54) is 44.5 Å². The van der Waals surface area contributed by atoms with E-state index in [0.717, 1.165) is 11.0 Å². The number of likely N-dealkylation sites (tertiary alicyclic amines) is 1. The number of halogens is 1. The molecule has 1 unspecified atom stereocenters. The average molecular weight is 311 g/mol. The number of rotatable bonds is 5. The summed E-state index contributed by atoms with van der Waals surface area (Å²) in [4.78, 5) is 2.57. The van der Waals surface area contributed by atoms with Gasteiger partial charge in [-0.15, -0.1) is 0 Å². The van der Waals surface area contributed by atoms with Gasteiger partial charge in [-0.2, -0.15) is 0 Å². The molecular weight excluding hydrogens is 288 g/mol. The summed E-state index contributed by atoms with van der Waals surface area (Å²) in [5.74, 6) is 0. The number of nitrogens with one attached hydrogen (secondary N) is 1. The summed E-state index contributed by atoms with van der Waals surface area (Å²) in [6, 6.07) is 9.02. The first-order chi connectivity index (χ1) is 8.75. The van der Waals surface area contributed by atoms with Crippen LogP contribution in [0.3, 0.4) is 0 Å². The maximum absolute atomic E-state index is 3.61. The molecule has 0 spiro atoms. The zero-order valence-corrected chi connectivity index (χ0v) is 12.7. The van der Waals surface area contributed by atoms with E-state index in [-0.39, 0.29) is 0 Å². The quantitative estimate of drug-likeness (QED) is 0.894. The van der Waals surface area contributed by atoms with Gasteiger partial charge in [0.25, 0.3) is 0 Å². The Bertz CT molecular complexity index is 344. The minimum atomic E-state index is 0.433. The van der Waals surface area contributed by atoms with Crippen LogP contribution in [0.1, 0.15) is 37.8 Å². The van der Waals surface area contributed by atoms with E-state index in [4.69, 9.17) is 0 Å². The highest BCUT2D eigenvalue weighted by Gasteiger charge is 2.10. The van der Waals surface area contributed by atoms with Gasteiger partial charge in [-0.05, 0) is 50.6 Å². The molecule has 1 aliphatic rings. The van der Waals surface area contributed by atoms with E-state index < -0.39 is 0 Å². The fourth-order valence-electron chi connectivity index (χ4n) is 2.49. The van der Waals surface area contributed by atoms with Crippen LogP contribution in [0.4, 0.5) is 0 Å². The maximum Gasteiger partial charge on any atom is 0.0292 e. The van der Waals surface area contributed by atoms with E-state index in [1.54, 1.807) is 0 Å². The van der Waals surface area contributed by atoms with Crippen molar-refractivity contribution in [2.45, 2.75) is 32.2 Å². The van der Waals surface area contributed by atoms with Gasteiger partial charge < -0.3 is 10.2 Å². The third-order valence-corrected chi connectivity index (χ3v) is 4.23. The molecule has 0 aliphatic carbocycles. The second-order valence-corrected chi connectivity index (χ2v) is 6.05. The SMILES string of the molecule is CC(NCCN1CCCCC1)c1ccc(Br)cc1. The third kappa shape index (κ3) is 4.38. The minimum absolute atomic E-state index is 0.433. The monoisotopic (exact) mass is 310 g/mol. The van der Waals surface area contributed by atoms with Crippen LogP contribution in [0.15, 0.2) is 28.7 Å². The molecule has 1 saturated heterocycles. The second-order valence-electron chi connectivity index (χ2n) is 5.13. The molecule has 0 aromatic heterocycles. The number of hydrogen-bond acceptors (Lipinski definition) is 2. The second kappa shape index (κ2) is 7.27. The van der Waals surface area contributed by atoms with E-state index >= 15 is 0 Å². The van der Waals surface area contributed by atoms with Crippen LogP contribution in [0, 0.1) is 0 Å². The van der Waals surface area contributed by atoms with Gasteiger partial charge in [0.2, 0.25) is 0 Å². The summed E-state index contributed by atoms with van der Waals surface area (Å²) in [5.41, 5.74) is 1.36. The van der Waals surface area contributed by atoms with Gasteiger partial charge in [0.1, 0.15) is 0 Å². The first-order valence-corrected chi connectivity index (χ1v) is 7.76. The molecule has 0 amide bonds. The maximum atomic E-state index is 3.61. The summed E-state index contributed by atoms with van der Waals surface area (Å²) in [6.45, 7) is 7.07. The van der Waals surface area contributed by atoms with Gasteiger partial charge in [-0.3, -0.25) is 0 Å². The smallest absolute Gasteiger partial charge is 0.0292 e. The number of benzene rings is 1. The van der Waals surface area contributed by atoms with Crippen molar-refractivity contribution in [1.82, 2.24) is 10.2 Å². The summed E-state index contributed by atoms with van der Waals surface area (Å²) in [6.07, 6.45) is 4.17. The highest BCUT2D eigenvalue weighted by Crippen LogP contribution is 2.16. The van der Waals surface area contributed by atoms with E-state index in [0.29, 0.717) is 6.04 Å². The Morgan fingerprint density at radius 3 is 2.50 bits per heavy atom. The number of nitrogens with zero attached hydrogens (tertiary/aromatic N) is 1. The molecule has 0 radical (unpaired) electrons. The van der Waals surface area contributed by atoms with Crippen LogP contribution in [-0.4, -0.2) is 31.1 Å². The van der Waals surface area contributed by atoms with Crippen molar-refractivity contribution in [1.29, 1.82) is 0 Å². The van der Waals surface area contributed by atoms with Gasteiger partial charge in [0.05, 0.1) is 0 Å². The zero-order chi connectivity index (χ0) is 12.8. The van der Waals surface area contributed by atoms with Crippen molar-refractivity contribution in [2.75, 3.05) is 26.2 Å². The van der Waals surface area contributed by atoms with Gasteiger partial charge in [0, 0.05) is 23.6 Å². The predicted molar refractivity (Wildman–Crippen MR) is 80.9 cm³/mol. The Balaban J connectivity index is 1.70. The molecule has 100 valence electrons. The molecule has 1 aliphatic heterocycles. The Labute approximate surface area is 119 Å². The van der Waals surface area contributed by atoms with Crippen LogP contribution >= 0.6 is 15.9 Å². The molecule has 1 heterocycles. The molecule has 3 heteroatoms. The molecule has 1 atom stereocenters. The van der Waals surface area contributed by atoms with Crippen molar-refractivity contribution < 1.29 is 0 Å². The van der Waals surface area contributed by atoms with Crippen molar-refractivity contribution in [2.24, 2.45) is 0 Å². The molecular formula is C15H23BrN2. The van der Waals surface area contributed by atoms with Gasteiger partial charge in [0.15, 0.2) is 0 Å². The molecule has 18 heavy (non-hydrogen) atoms. The first kappa shape index (κ1) is 14.0. The molecule has 0 bridgehead atoms. The fourth-order valence-corrected chi connectivity index (χ4v) is 2.76. The molecule has 2 rings (SSSR count). The lowest BCUT2D eigenvalue weighted by Crippen LogP contribution is -2.36. The van der Waals surface area contributed by atoms with Crippen LogP contribution in [0.25, 0.3) is 0 Å². The van der Waals surface area contributed by atoms with E-state index in [2.05, 4.69) is 57.3 Å². The Morgan fingerprint density at radius 1 is 1.17 bits per heavy atom. The molecule has 1 aromatic rings.